The van der Waals surface area contributed by atoms with Crippen molar-refractivity contribution in [2.45, 2.75) is 18.2 Å². The van der Waals surface area contributed by atoms with Gasteiger partial charge in [-0.2, -0.15) is 0 Å². The Kier molecular flexibility index (Phi) is 6.36. The van der Waals surface area contributed by atoms with Crippen LogP contribution in [0.15, 0.2) is 47.4 Å². The second-order valence-electron chi connectivity index (χ2n) is 5.28. The number of carbonyl (C=O) groups is 2. The SMILES string of the molecule is CCC(=O)Nc1ccc(NC(=O)c2cc(S(=O)(=O)NC)ccc2Cl)cc1. The quantitative estimate of drug-likeness (QED) is 0.699. The Morgan fingerprint density at radius 2 is 1.58 bits per heavy atom. The van der Waals surface area contributed by atoms with Crippen LogP contribution in [0.25, 0.3) is 0 Å². The van der Waals surface area contributed by atoms with Crippen LogP contribution >= 0.6 is 11.6 Å². The number of amides is 2. The van der Waals surface area contributed by atoms with Crippen LogP contribution < -0.4 is 15.4 Å². The lowest BCUT2D eigenvalue weighted by atomic mass is 10.2. The van der Waals surface area contributed by atoms with Crippen molar-refractivity contribution < 1.29 is 18.0 Å². The van der Waals surface area contributed by atoms with Crippen LogP contribution in [0.1, 0.15) is 23.7 Å². The average Bonchev–Trinajstić information content (AvgIpc) is 2.63. The lowest BCUT2D eigenvalue weighted by Gasteiger charge is -2.10. The smallest absolute Gasteiger partial charge is 0.257 e. The molecule has 0 atom stereocenters. The summed E-state index contributed by atoms with van der Waals surface area (Å²) in [7, 11) is -2.41. The van der Waals surface area contributed by atoms with Crippen LogP contribution in [0.4, 0.5) is 11.4 Å². The second-order valence-corrected chi connectivity index (χ2v) is 7.58. The Hall–Kier alpha value is -2.42. The normalized spacial score (nSPS) is 11.0. The van der Waals surface area contributed by atoms with E-state index in [1.54, 1.807) is 31.2 Å². The molecule has 0 radical (unpaired) electrons. The molecule has 0 saturated heterocycles. The molecular formula is C17H18ClN3O4S. The van der Waals surface area contributed by atoms with Crippen LogP contribution in [0.5, 0.6) is 0 Å². The van der Waals surface area contributed by atoms with Gasteiger partial charge in [-0.3, -0.25) is 9.59 Å². The third-order valence-corrected chi connectivity index (χ3v) is 5.25. The lowest BCUT2D eigenvalue weighted by molar-refractivity contribution is -0.115. The Balaban J connectivity index is 2.20. The van der Waals surface area contributed by atoms with E-state index >= 15 is 0 Å². The maximum Gasteiger partial charge on any atom is 0.257 e. The molecule has 3 N–H and O–H groups in total. The monoisotopic (exact) mass is 395 g/mol. The van der Waals surface area contributed by atoms with Crippen molar-refractivity contribution in [1.29, 1.82) is 0 Å². The highest BCUT2D eigenvalue weighted by Gasteiger charge is 2.17. The van der Waals surface area contributed by atoms with E-state index in [2.05, 4.69) is 15.4 Å². The van der Waals surface area contributed by atoms with Crippen LogP contribution in [0.3, 0.4) is 0 Å². The molecule has 0 aromatic heterocycles. The van der Waals surface area contributed by atoms with Crippen LogP contribution in [-0.4, -0.2) is 27.3 Å². The highest BCUT2D eigenvalue weighted by molar-refractivity contribution is 7.89. The number of sulfonamides is 1. The molecule has 0 spiro atoms. The van der Waals surface area contributed by atoms with Crippen molar-refractivity contribution in [3.05, 3.63) is 53.1 Å². The van der Waals surface area contributed by atoms with Gasteiger partial charge in [-0.1, -0.05) is 18.5 Å². The summed E-state index contributed by atoms with van der Waals surface area (Å²) >= 11 is 6.03. The summed E-state index contributed by atoms with van der Waals surface area (Å²) in [4.78, 5) is 23.7. The number of hydrogen-bond donors (Lipinski definition) is 3. The van der Waals surface area contributed by atoms with Gasteiger partial charge >= 0.3 is 0 Å². The molecule has 0 unspecified atom stereocenters. The first kappa shape index (κ1) is 19.9. The average molecular weight is 396 g/mol. The van der Waals surface area contributed by atoms with Crippen molar-refractivity contribution in [3.8, 4) is 0 Å². The predicted molar refractivity (Wildman–Crippen MR) is 101 cm³/mol. The maximum atomic E-state index is 12.4. The number of anilines is 2. The molecule has 26 heavy (non-hydrogen) atoms. The summed E-state index contributed by atoms with van der Waals surface area (Å²) in [6.45, 7) is 1.75. The number of hydrogen-bond acceptors (Lipinski definition) is 4. The second kappa shape index (κ2) is 8.31. The van der Waals surface area contributed by atoms with Gasteiger partial charge in [0.2, 0.25) is 15.9 Å². The zero-order valence-corrected chi connectivity index (χ0v) is 15.7. The zero-order chi connectivity index (χ0) is 19.3. The van der Waals surface area contributed by atoms with E-state index in [0.717, 1.165) is 0 Å². The number of halogens is 1. The summed E-state index contributed by atoms with van der Waals surface area (Å²) in [6, 6.07) is 10.4. The molecule has 2 aromatic carbocycles. The van der Waals surface area contributed by atoms with Gasteiger partial charge < -0.3 is 10.6 Å². The van der Waals surface area contributed by atoms with Gasteiger partial charge in [0.15, 0.2) is 0 Å². The van der Waals surface area contributed by atoms with Gasteiger partial charge in [-0.25, -0.2) is 13.1 Å². The molecule has 0 fully saturated rings. The van der Waals surface area contributed by atoms with Gasteiger partial charge in [-0.15, -0.1) is 0 Å². The topological polar surface area (TPSA) is 104 Å². The molecule has 0 aliphatic rings. The number of carbonyl (C=O) groups excluding carboxylic acids is 2. The van der Waals surface area contributed by atoms with E-state index < -0.39 is 15.9 Å². The third-order valence-electron chi connectivity index (χ3n) is 3.51. The van der Waals surface area contributed by atoms with Crippen molar-refractivity contribution in [2.24, 2.45) is 0 Å². The Morgan fingerprint density at radius 1 is 1.00 bits per heavy atom. The number of nitrogens with one attached hydrogen (secondary N) is 3. The summed E-state index contributed by atoms with van der Waals surface area (Å²) < 4.78 is 25.9. The molecular weight excluding hydrogens is 378 g/mol. The van der Waals surface area contributed by atoms with E-state index in [-0.39, 0.29) is 21.4 Å². The predicted octanol–water partition coefficient (Wildman–Crippen LogP) is 2.85. The third kappa shape index (κ3) is 4.81. The van der Waals surface area contributed by atoms with E-state index in [9.17, 15) is 18.0 Å². The van der Waals surface area contributed by atoms with Gasteiger partial charge in [-0.05, 0) is 49.5 Å². The summed E-state index contributed by atoms with van der Waals surface area (Å²) in [6.07, 6.45) is 0.364. The first-order chi connectivity index (χ1) is 12.3. The molecule has 0 bridgehead atoms. The summed E-state index contributed by atoms with van der Waals surface area (Å²) in [5.41, 5.74) is 1.11. The minimum atomic E-state index is -3.69. The van der Waals surface area contributed by atoms with Gasteiger partial charge in [0, 0.05) is 17.8 Å². The minimum Gasteiger partial charge on any atom is -0.326 e. The Labute approximate surface area is 156 Å². The van der Waals surface area contributed by atoms with Gasteiger partial charge in [0.05, 0.1) is 15.5 Å². The molecule has 138 valence electrons. The number of benzene rings is 2. The fourth-order valence-electron chi connectivity index (χ4n) is 2.05. The van der Waals surface area contributed by atoms with E-state index in [0.29, 0.717) is 17.8 Å². The fraction of sp³-hybridized carbons (Fsp3) is 0.176. The molecule has 2 aromatic rings. The molecule has 2 rings (SSSR count). The van der Waals surface area contributed by atoms with E-state index in [1.165, 1.54) is 25.2 Å². The van der Waals surface area contributed by atoms with E-state index in [4.69, 9.17) is 11.6 Å². The van der Waals surface area contributed by atoms with Crippen molar-refractivity contribution in [2.75, 3.05) is 17.7 Å². The summed E-state index contributed by atoms with van der Waals surface area (Å²) in [5.74, 6) is -0.662. The van der Waals surface area contributed by atoms with Gasteiger partial charge in [0.25, 0.3) is 5.91 Å². The van der Waals surface area contributed by atoms with Crippen molar-refractivity contribution in [3.63, 3.8) is 0 Å². The molecule has 0 saturated carbocycles. The summed E-state index contributed by atoms with van der Waals surface area (Å²) in [5, 5.41) is 5.47. The Bertz CT molecular complexity index is 928. The van der Waals surface area contributed by atoms with Crippen LogP contribution in [0.2, 0.25) is 5.02 Å². The first-order valence-electron chi connectivity index (χ1n) is 7.71. The molecule has 0 heterocycles. The van der Waals surface area contributed by atoms with Crippen LogP contribution in [0, 0.1) is 0 Å². The Morgan fingerprint density at radius 3 is 2.12 bits per heavy atom. The highest BCUT2D eigenvalue weighted by Crippen LogP contribution is 2.22. The standard InChI is InChI=1S/C17H18ClN3O4S/c1-3-16(22)20-11-4-6-12(7-5-11)21-17(23)14-10-13(8-9-15(14)18)26(24,25)19-2/h4-10,19H,3H2,1-2H3,(H,20,22)(H,21,23). The largest absolute Gasteiger partial charge is 0.326 e. The number of rotatable bonds is 6. The fourth-order valence-corrected chi connectivity index (χ4v) is 3.01. The zero-order valence-electron chi connectivity index (χ0n) is 14.2. The van der Waals surface area contributed by atoms with Crippen molar-refractivity contribution in [1.82, 2.24) is 4.72 Å². The minimum absolute atomic E-state index is 0.0337. The first-order valence-corrected chi connectivity index (χ1v) is 9.57. The maximum absolute atomic E-state index is 12.4. The van der Waals surface area contributed by atoms with Gasteiger partial charge in [0.1, 0.15) is 0 Å². The molecule has 7 nitrogen and oxygen atoms in total. The highest BCUT2D eigenvalue weighted by atomic mass is 35.5. The van der Waals surface area contributed by atoms with Crippen LogP contribution in [-0.2, 0) is 14.8 Å². The molecule has 9 heteroatoms. The lowest BCUT2D eigenvalue weighted by Crippen LogP contribution is -2.20. The molecule has 0 aliphatic heterocycles. The molecule has 2 amide bonds. The van der Waals surface area contributed by atoms with Crippen molar-refractivity contribution >= 4 is 44.8 Å². The molecule has 0 aliphatic carbocycles. The van der Waals surface area contributed by atoms with E-state index in [1.807, 2.05) is 0 Å².